The summed E-state index contributed by atoms with van der Waals surface area (Å²) in [6, 6.07) is 10.6. The van der Waals surface area contributed by atoms with Gasteiger partial charge in [0.25, 0.3) is 5.91 Å². The Bertz CT molecular complexity index is 927. The van der Waals surface area contributed by atoms with Crippen LogP contribution in [0.1, 0.15) is 22.3 Å². The first-order chi connectivity index (χ1) is 11.8. The first-order valence-corrected chi connectivity index (χ1v) is 7.89. The molecule has 2 aromatic carbocycles. The molecule has 0 spiro atoms. The average molecular weight is 337 g/mol. The number of methoxy groups -OCH3 is 1. The van der Waals surface area contributed by atoms with Gasteiger partial charge in [-0.15, -0.1) is 0 Å². The number of aryl methyl sites for hydroxylation is 3. The number of benzene rings is 2. The van der Waals surface area contributed by atoms with E-state index in [0.29, 0.717) is 17.0 Å². The average Bonchev–Trinajstić information content (AvgIpc) is 2.80. The molecule has 128 valence electrons. The zero-order valence-corrected chi connectivity index (χ0v) is 14.6. The van der Waals surface area contributed by atoms with Crippen LogP contribution in [0, 0.1) is 20.8 Å². The zero-order valence-electron chi connectivity index (χ0n) is 14.6. The number of amides is 2. The molecule has 2 aromatic rings. The van der Waals surface area contributed by atoms with Gasteiger partial charge in [-0.2, -0.15) is 0 Å². The van der Waals surface area contributed by atoms with Crippen LogP contribution in [0.5, 0.6) is 5.75 Å². The van der Waals surface area contributed by atoms with Gasteiger partial charge in [0.1, 0.15) is 5.75 Å². The summed E-state index contributed by atoms with van der Waals surface area (Å²) in [5.41, 5.74) is 3.77. The molecule has 1 heterocycles. The monoisotopic (exact) mass is 337 g/mol. The molecule has 0 atom stereocenters. The van der Waals surface area contributed by atoms with E-state index in [2.05, 4.69) is 0 Å². The first-order valence-electron chi connectivity index (χ1n) is 7.89. The third kappa shape index (κ3) is 2.67. The third-order valence-electron chi connectivity index (χ3n) is 4.43. The van der Waals surface area contributed by atoms with Crippen LogP contribution in [0.2, 0.25) is 0 Å². The molecule has 1 aliphatic rings. The highest BCUT2D eigenvalue weighted by Crippen LogP contribution is 2.37. The summed E-state index contributed by atoms with van der Waals surface area (Å²) in [5, 5.41) is 10.3. The Morgan fingerprint density at radius 2 is 1.64 bits per heavy atom. The molecule has 0 aromatic heterocycles. The number of anilines is 1. The summed E-state index contributed by atoms with van der Waals surface area (Å²) in [5.74, 6) is -1.46. The van der Waals surface area contributed by atoms with Gasteiger partial charge in [-0.25, -0.2) is 4.90 Å². The molecule has 1 N–H and O–H groups in total. The van der Waals surface area contributed by atoms with E-state index in [9.17, 15) is 14.7 Å². The Hall–Kier alpha value is -3.08. The minimum atomic E-state index is -0.748. The van der Waals surface area contributed by atoms with Crippen molar-refractivity contribution in [3.05, 3.63) is 64.4 Å². The van der Waals surface area contributed by atoms with E-state index in [0.717, 1.165) is 21.6 Å². The van der Waals surface area contributed by atoms with Crippen molar-refractivity contribution >= 4 is 23.1 Å². The van der Waals surface area contributed by atoms with Crippen molar-refractivity contribution in [2.24, 2.45) is 0 Å². The highest BCUT2D eigenvalue weighted by Gasteiger charge is 2.41. The number of rotatable bonds is 3. The lowest BCUT2D eigenvalue weighted by atomic mass is 10.00. The van der Waals surface area contributed by atoms with E-state index in [1.807, 2.05) is 32.9 Å². The molecule has 1 aliphatic heterocycles. The van der Waals surface area contributed by atoms with Gasteiger partial charge >= 0.3 is 5.91 Å². The molecular formula is C20H19NO4. The number of carbonyl (C=O) groups is 2. The number of nitrogens with zero attached hydrogens (tertiary/aromatic N) is 1. The molecule has 5 heteroatoms. The maximum atomic E-state index is 12.9. The van der Waals surface area contributed by atoms with E-state index in [1.54, 1.807) is 24.3 Å². The van der Waals surface area contributed by atoms with Crippen LogP contribution in [0.25, 0.3) is 5.57 Å². The van der Waals surface area contributed by atoms with Crippen molar-refractivity contribution < 1.29 is 19.4 Å². The van der Waals surface area contributed by atoms with E-state index in [-0.39, 0.29) is 5.57 Å². The van der Waals surface area contributed by atoms with Crippen LogP contribution in [-0.2, 0) is 9.59 Å². The highest BCUT2D eigenvalue weighted by molar-refractivity contribution is 6.45. The van der Waals surface area contributed by atoms with Gasteiger partial charge < -0.3 is 9.84 Å². The van der Waals surface area contributed by atoms with Crippen LogP contribution < -0.4 is 9.64 Å². The summed E-state index contributed by atoms with van der Waals surface area (Å²) in [6.07, 6.45) is 0. The van der Waals surface area contributed by atoms with Crippen LogP contribution >= 0.6 is 0 Å². The van der Waals surface area contributed by atoms with Gasteiger partial charge in [0.15, 0.2) is 5.76 Å². The maximum absolute atomic E-state index is 12.9. The fraction of sp³-hybridized carbons (Fsp3) is 0.200. The predicted octanol–water partition coefficient (Wildman–Crippen LogP) is 3.46. The molecule has 0 saturated carbocycles. The molecule has 0 fully saturated rings. The number of imide groups is 1. The standard InChI is InChI=1S/C20H19NO4/c1-11-5-8-16(25-4)15(9-11)21-19(23)17(18(22)20(21)24)14-7-6-12(2)13(3)10-14/h5-10,22H,1-4H3. The van der Waals surface area contributed by atoms with Gasteiger partial charge in [0, 0.05) is 0 Å². The highest BCUT2D eigenvalue weighted by atomic mass is 16.5. The SMILES string of the molecule is COc1ccc(C)cc1N1C(=O)C(O)=C(c2ccc(C)c(C)c2)C1=O. The van der Waals surface area contributed by atoms with E-state index in [4.69, 9.17) is 4.74 Å². The fourth-order valence-electron chi connectivity index (χ4n) is 2.87. The smallest absolute Gasteiger partial charge is 0.301 e. The van der Waals surface area contributed by atoms with Crippen molar-refractivity contribution in [1.82, 2.24) is 0 Å². The number of hydrogen-bond acceptors (Lipinski definition) is 4. The second-order valence-electron chi connectivity index (χ2n) is 6.14. The van der Waals surface area contributed by atoms with Crippen molar-refractivity contribution in [3.8, 4) is 5.75 Å². The molecule has 0 aliphatic carbocycles. The second kappa shape index (κ2) is 6.09. The van der Waals surface area contributed by atoms with E-state index in [1.165, 1.54) is 7.11 Å². The molecule has 3 rings (SSSR count). The van der Waals surface area contributed by atoms with Gasteiger partial charge in [0.05, 0.1) is 18.4 Å². The zero-order chi connectivity index (χ0) is 18.3. The van der Waals surface area contributed by atoms with Gasteiger partial charge in [-0.3, -0.25) is 9.59 Å². The molecule has 5 nitrogen and oxygen atoms in total. The van der Waals surface area contributed by atoms with Crippen LogP contribution in [0.3, 0.4) is 0 Å². The minimum absolute atomic E-state index is 0.0108. The van der Waals surface area contributed by atoms with Crippen LogP contribution in [-0.4, -0.2) is 24.0 Å². The summed E-state index contributed by atoms with van der Waals surface area (Å²) in [6.45, 7) is 5.73. The van der Waals surface area contributed by atoms with E-state index < -0.39 is 17.6 Å². The molecule has 25 heavy (non-hydrogen) atoms. The minimum Gasteiger partial charge on any atom is -0.502 e. The topological polar surface area (TPSA) is 66.8 Å². The van der Waals surface area contributed by atoms with Crippen LogP contribution in [0.15, 0.2) is 42.2 Å². The Kier molecular flexibility index (Phi) is 4.08. The number of carbonyl (C=O) groups excluding carboxylic acids is 2. The summed E-state index contributed by atoms with van der Waals surface area (Å²) in [7, 11) is 1.47. The Morgan fingerprint density at radius 1 is 0.920 bits per heavy atom. The molecular weight excluding hydrogens is 318 g/mol. The quantitative estimate of drug-likeness (QED) is 0.871. The predicted molar refractivity (Wildman–Crippen MR) is 95.7 cm³/mol. The van der Waals surface area contributed by atoms with Crippen molar-refractivity contribution in [2.75, 3.05) is 12.0 Å². The second-order valence-corrected chi connectivity index (χ2v) is 6.14. The van der Waals surface area contributed by atoms with Gasteiger partial charge in [0.2, 0.25) is 0 Å². The Balaban J connectivity index is 2.11. The normalized spacial score (nSPS) is 14.5. The van der Waals surface area contributed by atoms with Crippen molar-refractivity contribution in [3.63, 3.8) is 0 Å². The number of aliphatic hydroxyl groups is 1. The molecule has 0 unspecified atom stereocenters. The summed E-state index contributed by atoms with van der Waals surface area (Å²) >= 11 is 0. The van der Waals surface area contributed by atoms with Crippen molar-refractivity contribution in [2.45, 2.75) is 20.8 Å². The largest absolute Gasteiger partial charge is 0.502 e. The summed E-state index contributed by atoms with van der Waals surface area (Å²) in [4.78, 5) is 26.5. The van der Waals surface area contributed by atoms with E-state index >= 15 is 0 Å². The lowest BCUT2D eigenvalue weighted by Crippen LogP contribution is -2.32. The lowest BCUT2D eigenvalue weighted by molar-refractivity contribution is -0.121. The van der Waals surface area contributed by atoms with Gasteiger partial charge in [-0.05, 0) is 55.2 Å². The molecule has 0 saturated heterocycles. The molecule has 0 bridgehead atoms. The first kappa shape index (κ1) is 16.8. The Morgan fingerprint density at radius 3 is 2.28 bits per heavy atom. The summed E-state index contributed by atoms with van der Waals surface area (Å²) < 4.78 is 5.27. The fourth-order valence-corrected chi connectivity index (χ4v) is 2.87. The maximum Gasteiger partial charge on any atom is 0.301 e. The van der Waals surface area contributed by atoms with Crippen molar-refractivity contribution in [1.29, 1.82) is 0 Å². The third-order valence-corrected chi connectivity index (χ3v) is 4.43. The van der Waals surface area contributed by atoms with Gasteiger partial charge in [-0.1, -0.05) is 24.3 Å². The number of hydrogen-bond donors (Lipinski definition) is 1. The molecule has 0 radical (unpaired) electrons. The Labute approximate surface area is 146 Å². The van der Waals surface area contributed by atoms with Crippen LogP contribution in [0.4, 0.5) is 5.69 Å². The lowest BCUT2D eigenvalue weighted by Gasteiger charge is -2.18. The number of ether oxygens (including phenoxy) is 1. The number of aliphatic hydroxyl groups excluding tert-OH is 1. The molecule has 2 amide bonds.